The molecule has 31 heteroatoms. The van der Waals surface area contributed by atoms with Gasteiger partial charge in [0.05, 0.1) is 41.3 Å². The number of benzene rings is 1. The van der Waals surface area contributed by atoms with Crippen LogP contribution in [-0.4, -0.2) is 135 Å². The molecule has 0 bridgehead atoms. The van der Waals surface area contributed by atoms with E-state index in [2.05, 4.69) is 34.5 Å². The van der Waals surface area contributed by atoms with Gasteiger partial charge in [0.15, 0.2) is 0 Å². The van der Waals surface area contributed by atoms with Crippen molar-refractivity contribution in [1.82, 2.24) is 24.8 Å². The molecule has 0 saturated carbocycles. The maximum absolute atomic E-state index is 13.2. The summed E-state index contributed by atoms with van der Waals surface area (Å²) in [4.78, 5) is 102. The van der Waals surface area contributed by atoms with Crippen LogP contribution in [0.3, 0.4) is 0 Å². The zero-order valence-corrected chi connectivity index (χ0v) is 36.8. The third-order valence-electron chi connectivity index (χ3n) is 8.91. The average molecular weight is 977 g/mol. The van der Waals surface area contributed by atoms with Crippen LogP contribution in [0.4, 0.5) is 17.3 Å². The Kier molecular flexibility index (Phi) is 18.0. The number of anilines is 1. The highest BCUT2D eigenvalue weighted by atomic mass is 32.2. The molecule has 5 rings (SSSR count). The lowest BCUT2D eigenvalue weighted by molar-refractivity contribution is -0.385. The number of aliphatic hydroxyl groups excluding tert-OH is 1. The van der Waals surface area contributed by atoms with Crippen LogP contribution in [0.5, 0.6) is 0 Å². The number of nitro groups is 1. The lowest BCUT2D eigenvalue weighted by atomic mass is 10.2. The van der Waals surface area contributed by atoms with Gasteiger partial charge in [-0.2, -0.15) is 13.2 Å². The second-order valence-corrected chi connectivity index (χ2v) is 18.8. The largest absolute Gasteiger partial charge is 0.396 e. The van der Waals surface area contributed by atoms with Crippen molar-refractivity contribution in [3.8, 4) is 0 Å². The fourth-order valence-corrected chi connectivity index (χ4v) is 10.1. The van der Waals surface area contributed by atoms with Crippen LogP contribution < -0.4 is 27.6 Å². The lowest BCUT2D eigenvalue weighted by Gasteiger charge is -2.25. The first-order valence-electron chi connectivity index (χ1n) is 19.3. The predicted octanol–water partition coefficient (Wildman–Crippen LogP) is 0.134. The molecule has 2 aromatic heterocycles. The van der Waals surface area contributed by atoms with Crippen molar-refractivity contribution in [2.24, 2.45) is 14.6 Å². The van der Waals surface area contributed by atoms with Gasteiger partial charge in [0.1, 0.15) is 36.9 Å². The molecule has 9 N–H and O–H groups in total. The molecule has 2 fully saturated rings. The first-order chi connectivity index (χ1) is 30.8. The number of aromatic amines is 1. The van der Waals surface area contributed by atoms with Gasteiger partial charge in [-0.3, -0.25) is 43.1 Å². The number of hydrogen-bond donors (Lipinski definition) is 8. The molecule has 2 amide bonds. The van der Waals surface area contributed by atoms with E-state index >= 15 is 0 Å². The molecule has 356 valence electrons. The van der Waals surface area contributed by atoms with Crippen LogP contribution in [0, 0.1) is 10.1 Å². The zero-order valence-electron chi connectivity index (χ0n) is 34.2. The maximum Gasteiger partial charge on any atom is 0.366 e. The van der Waals surface area contributed by atoms with Gasteiger partial charge in [-0.15, -0.1) is 0 Å². The van der Waals surface area contributed by atoms with Crippen molar-refractivity contribution in [3.05, 3.63) is 85.4 Å². The van der Waals surface area contributed by atoms with Crippen molar-refractivity contribution in [2.75, 3.05) is 51.4 Å². The van der Waals surface area contributed by atoms with Gasteiger partial charge in [-0.05, 0) is 36.8 Å². The standard InChI is InChI=1S/C34H46N10O18P2S/c1-21(46)39-23-4-6-25(7-5-23)65(55,56)42-63(52,53)61-27-15-31(43-18-22(32(48)40-34(43)49)3-8-30(47)36-11-10-35)60-29(27)20-57-19-28-26(9-14-58-28)62-64(54,59-13-2-12-45)41-33-37-16-24(17-38-33)44(50)51/h3-8,16-18,26-29,31,45,52-54H,2,9-15,19-20,35H2,1H3,(H,36,47)(H,39,46)(H,40,48,49)/b8-3+. The number of nitrogens with two attached hydrogens (primary N) is 1. The molecule has 0 aliphatic carbocycles. The van der Waals surface area contributed by atoms with Crippen molar-refractivity contribution >= 4 is 60.7 Å². The number of aromatic nitrogens is 4. The second-order valence-electron chi connectivity index (χ2n) is 13.8. The van der Waals surface area contributed by atoms with E-state index in [0.29, 0.717) is 0 Å². The maximum atomic E-state index is 13.2. The number of hydrogen-bond acceptors (Lipinski definition) is 19. The van der Waals surface area contributed by atoms with E-state index in [1.54, 1.807) is 0 Å². The number of amides is 2. The van der Waals surface area contributed by atoms with Gasteiger partial charge in [-0.1, -0.05) is 4.15 Å². The molecule has 3 aromatic rings. The number of sulfonamides is 1. The highest BCUT2D eigenvalue weighted by molar-refractivity contribution is 7.93. The Morgan fingerprint density at radius 2 is 1.83 bits per heavy atom. The van der Waals surface area contributed by atoms with E-state index in [4.69, 9.17) is 33.5 Å². The molecule has 6 atom stereocenters. The quantitative estimate of drug-likeness (QED) is 0.0218. The number of aliphatic hydroxyl groups is 1. The number of nitrogens with one attached hydrogen (secondary N) is 3. The van der Waals surface area contributed by atoms with Gasteiger partial charge < -0.3 is 54.9 Å². The van der Waals surface area contributed by atoms with Crippen LogP contribution in [0.25, 0.3) is 6.08 Å². The van der Waals surface area contributed by atoms with Gasteiger partial charge >= 0.3 is 26.8 Å². The number of ether oxygens (including phenoxy) is 3. The molecule has 0 radical (unpaired) electrons. The molecule has 4 heterocycles. The summed E-state index contributed by atoms with van der Waals surface area (Å²) in [6.07, 6.45) is -1.15. The minimum absolute atomic E-state index is 0.0781. The second kappa shape index (κ2) is 23.0. The number of rotatable bonds is 22. The molecular formula is C34H46N10O18P2S. The Morgan fingerprint density at radius 3 is 2.49 bits per heavy atom. The van der Waals surface area contributed by atoms with Gasteiger partial charge in [0, 0.05) is 64.0 Å². The summed E-state index contributed by atoms with van der Waals surface area (Å²) < 4.78 is 69.1. The number of carbonyl (C=O) groups excluding carboxylic acids is 2. The molecule has 1 aromatic carbocycles. The highest BCUT2D eigenvalue weighted by Crippen LogP contribution is 2.52. The summed E-state index contributed by atoms with van der Waals surface area (Å²) in [6.45, 7) is 0.386. The van der Waals surface area contributed by atoms with Crippen LogP contribution in [0.1, 0.15) is 38.0 Å². The molecule has 6 unspecified atom stereocenters. The normalized spacial score (nSPS) is 20.9. The number of carbonyl (C=O) groups is 2. The summed E-state index contributed by atoms with van der Waals surface area (Å²) >= 11 is 0. The first-order valence-corrected chi connectivity index (χ1v) is 23.9. The Labute approximate surface area is 368 Å². The summed E-state index contributed by atoms with van der Waals surface area (Å²) in [6, 6.07) is 4.63. The van der Waals surface area contributed by atoms with E-state index in [0.717, 1.165) is 47.4 Å². The summed E-state index contributed by atoms with van der Waals surface area (Å²) in [5.41, 5.74) is 3.21. The molecule has 2 aliphatic rings. The van der Waals surface area contributed by atoms with E-state index < -0.39 is 107 Å². The third kappa shape index (κ3) is 15.0. The van der Waals surface area contributed by atoms with Crippen molar-refractivity contribution in [2.45, 2.75) is 61.7 Å². The summed E-state index contributed by atoms with van der Waals surface area (Å²) in [5, 5.41) is 25.2. The number of H-pyrrole nitrogens is 1. The Hall–Kier alpha value is -4.97. The SMILES string of the molecule is CC(=O)Nc1ccc(S(=O)(=O)N=P(O)(O)OC2CC(n3cc(/C=C/C(=O)NCCN)c(=O)[nH]c3=O)OC2COCC2OCCC2OP(O)(=Nc2ncc([N+](=O)[O-])cn2)OCCCO)cc1. The van der Waals surface area contributed by atoms with Gasteiger partial charge in [0.2, 0.25) is 11.8 Å². The monoisotopic (exact) mass is 976 g/mol. The van der Waals surface area contributed by atoms with Crippen molar-refractivity contribution in [1.29, 1.82) is 0 Å². The van der Waals surface area contributed by atoms with Crippen molar-refractivity contribution < 1.29 is 70.5 Å². The Morgan fingerprint density at radius 1 is 1.12 bits per heavy atom. The van der Waals surface area contributed by atoms with Crippen LogP contribution in [0.15, 0.2) is 72.3 Å². The first kappa shape index (κ1) is 51.0. The topological polar surface area (TPSA) is 403 Å². The summed E-state index contributed by atoms with van der Waals surface area (Å²) in [7, 11) is -14.2. The Bertz CT molecular complexity index is 2540. The van der Waals surface area contributed by atoms with Gasteiger partial charge in [-0.25, -0.2) is 14.8 Å². The van der Waals surface area contributed by atoms with Crippen LogP contribution in [0.2, 0.25) is 0 Å². The zero-order chi connectivity index (χ0) is 47.4. The van der Waals surface area contributed by atoms with E-state index in [-0.39, 0.29) is 70.0 Å². The summed E-state index contributed by atoms with van der Waals surface area (Å²) in [5.74, 6) is -1.41. The van der Waals surface area contributed by atoms with Crippen molar-refractivity contribution in [3.63, 3.8) is 0 Å². The highest BCUT2D eigenvalue weighted by Gasteiger charge is 2.42. The van der Waals surface area contributed by atoms with E-state index in [9.17, 15) is 57.5 Å². The molecule has 28 nitrogen and oxygen atoms in total. The average Bonchev–Trinajstić information content (AvgIpc) is 3.84. The minimum Gasteiger partial charge on any atom is -0.396 e. The van der Waals surface area contributed by atoms with E-state index in [1.807, 2.05) is 0 Å². The minimum atomic E-state index is -5.19. The molecular weight excluding hydrogens is 930 g/mol. The molecule has 0 spiro atoms. The molecule has 65 heavy (non-hydrogen) atoms. The predicted molar refractivity (Wildman–Crippen MR) is 225 cm³/mol. The fraction of sp³-hybridized carbons (Fsp3) is 0.471. The fourth-order valence-electron chi connectivity index (χ4n) is 5.97. The third-order valence-corrected chi connectivity index (χ3v) is 13.5. The van der Waals surface area contributed by atoms with Crippen LogP contribution >= 0.6 is 15.5 Å². The molecule has 2 saturated heterocycles. The van der Waals surface area contributed by atoms with Crippen LogP contribution in [-0.2, 0) is 47.4 Å². The lowest BCUT2D eigenvalue weighted by Crippen LogP contribution is -2.34. The Balaban J connectivity index is 1.37. The smallest absolute Gasteiger partial charge is 0.366 e. The molecule has 2 aliphatic heterocycles. The number of nitrogens with zero attached hydrogens (tertiary/aromatic N) is 6. The van der Waals surface area contributed by atoms with Gasteiger partial charge in [0.25, 0.3) is 21.5 Å². The van der Waals surface area contributed by atoms with E-state index in [1.165, 1.54) is 19.1 Å².